The monoisotopic (exact) mass is 304 g/mol. The zero-order valence-electron chi connectivity index (χ0n) is 13.3. The van der Waals surface area contributed by atoms with Gasteiger partial charge in [-0.2, -0.15) is 5.10 Å². The molecule has 0 aliphatic rings. The summed E-state index contributed by atoms with van der Waals surface area (Å²) in [6.07, 6.45) is 1.56. The molecule has 0 N–H and O–H groups in total. The van der Waals surface area contributed by atoms with Crippen molar-refractivity contribution in [3.63, 3.8) is 0 Å². The molecule has 2 aromatic heterocycles. The van der Waals surface area contributed by atoms with Crippen molar-refractivity contribution in [1.82, 2.24) is 9.61 Å². The highest BCUT2D eigenvalue weighted by atomic mass is 16.5. The van der Waals surface area contributed by atoms with Crippen LogP contribution in [0.4, 0.5) is 0 Å². The molecule has 0 aliphatic carbocycles. The molecule has 22 heavy (non-hydrogen) atoms. The molecular weight excluding hydrogens is 284 g/mol. The van der Waals surface area contributed by atoms with E-state index in [9.17, 15) is 9.59 Å². The fraction of sp³-hybridized carbons (Fsp3) is 0.438. The average molecular weight is 304 g/mol. The van der Waals surface area contributed by atoms with Gasteiger partial charge in [-0.15, -0.1) is 0 Å². The minimum atomic E-state index is -0.490. The molecule has 6 heteroatoms. The number of esters is 2. The molecule has 0 atom stereocenters. The fourth-order valence-electron chi connectivity index (χ4n) is 2.22. The summed E-state index contributed by atoms with van der Waals surface area (Å²) in [5, 5.41) is 4.16. The van der Waals surface area contributed by atoms with E-state index in [0.717, 1.165) is 0 Å². The third-order valence-electron chi connectivity index (χ3n) is 3.17. The number of fused-ring (bicyclic) bond motifs is 1. The molecule has 0 aliphatic heterocycles. The van der Waals surface area contributed by atoms with Crippen LogP contribution in [-0.4, -0.2) is 34.8 Å². The third kappa shape index (κ3) is 2.95. The van der Waals surface area contributed by atoms with Crippen LogP contribution in [0.3, 0.4) is 0 Å². The number of hydrogen-bond donors (Lipinski definition) is 0. The number of aromatic nitrogens is 2. The van der Waals surface area contributed by atoms with Gasteiger partial charge in [0, 0.05) is 6.20 Å². The summed E-state index contributed by atoms with van der Waals surface area (Å²) in [7, 11) is 0. The number of hydrogen-bond acceptors (Lipinski definition) is 5. The molecule has 0 unspecified atom stereocenters. The van der Waals surface area contributed by atoms with Crippen molar-refractivity contribution in [2.45, 2.75) is 27.7 Å². The maximum absolute atomic E-state index is 12.3. The number of carbonyl (C=O) groups excluding carboxylic acids is 2. The number of rotatable bonds is 5. The van der Waals surface area contributed by atoms with E-state index >= 15 is 0 Å². The molecule has 118 valence electrons. The Morgan fingerprint density at radius 2 is 2.00 bits per heavy atom. The van der Waals surface area contributed by atoms with Gasteiger partial charge in [0.15, 0.2) is 5.69 Å². The minimum absolute atomic E-state index is 0.230. The van der Waals surface area contributed by atoms with Crippen LogP contribution in [0.15, 0.2) is 18.3 Å². The van der Waals surface area contributed by atoms with Crippen LogP contribution in [0.2, 0.25) is 0 Å². The van der Waals surface area contributed by atoms with Crippen LogP contribution in [0, 0.1) is 12.8 Å². The second-order valence-corrected chi connectivity index (χ2v) is 5.38. The summed E-state index contributed by atoms with van der Waals surface area (Å²) in [5.74, 6) is -0.725. The highest BCUT2D eigenvalue weighted by Crippen LogP contribution is 2.24. The Bertz CT molecular complexity index is 703. The first-order valence-electron chi connectivity index (χ1n) is 7.27. The minimum Gasteiger partial charge on any atom is -0.462 e. The van der Waals surface area contributed by atoms with E-state index in [1.54, 1.807) is 32.2 Å². The van der Waals surface area contributed by atoms with Crippen molar-refractivity contribution in [3.05, 3.63) is 35.2 Å². The van der Waals surface area contributed by atoms with Gasteiger partial charge in [0.2, 0.25) is 0 Å². The molecule has 0 aromatic carbocycles. The first-order chi connectivity index (χ1) is 10.5. The Morgan fingerprint density at radius 1 is 1.27 bits per heavy atom. The predicted molar refractivity (Wildman–Crippen MR) is 81.0 cm³/mol. The molecule has 2 heterocycles. The number of nitrogens with zero attached hydrogens (tertiary/aromatic N) is 2. The lowest BCUT2D eigenvalue weighted by Crippen LogP contribution is -2.14. The van der Waals surface area contributed by atoms with Gasteiger partial charge in [0.25, 0.3) is 0 Å². The molecule has 0 saturated carbocycles. The van der Waals surface area contributed by atoms with Gasteiger partial charge in [-0.1, -0.05) is 13.8 Å². The van der Waals surface area contributed by atoms with Gasteiger partial charge in [-0.25, -0.2) is 14.1 Å². The van der Waals surface area contributed by atoms with Crippen LogP contribution in [-0.2, 0) is 9.47 Å². The van der Waals surface area contributed by atoms with Crippen molar-refractivity contribution < 1.29 is 19.1 Å². The van der Waals surface area contributed by atoms with E-state index < -0.39 is 11.9 Å². The highest BCUT2D eigenvalue weighted by Gasteiger charge is 2.27. The predicted octanol–water partition coefficient (Wildman–Crippen LogP) is 2.63. The van der Waals surface area contributed by atoms with Gasteiger partial charge in [-0.05, 0) is 37.5 Å². The lowest BCUT2D eigenvalue weighted by molar-refractivity contribution is 0.0448. The standard InChI is InChI=1S/C16H20N2O4/c1-5-21-15(19)13-11(4)14(16(20)22-9-10(2)3)18-12(13)7-6-8-17-18/h6-8,10H,5,9H2,1-4H3. The lowest BCUT2D eigenvalue weighted by Gasteiger charge is -2.07. The summed E-state index contributed by atoms with van der Waals surface area (Å²) in [5.41, 5.74) is 1.67. The third-order valence-corrected chi connectivity index (χ3v) is 3.17. The second-order valence-electron chi connectivity index (χ2n) is 5.38. The van der Waals surface area contributed by atoms with Crippen LogP contribution in [0.5, 0.6) is 0 Å². The zero-order chi connectivity index (χ0) is 16.3. The van der Waals surface area contributed by atoms with E-state index in [4.69, 9.17) is 9.47 Å². The van der Waals surface area contributed by atoms with Crippen molar-refractivity contribution in [2.24, 2.45) is 5.92 Å². The van der Waals surface area contributed by atoms with E-state index in [0.29, 0.717) is 23.3 Å². The Morgan fingerprint density at radius 3 is 2.64 bits per heavy atom. The molecule has 0 spiro atoms. The largest absolute Gasteiger partial charge is 0.462 e. The number of carbonyl (C=O) groups is 2. The summed E-state index contributed by atoms with van der Waals surface area (Å²) in [6, 6.07) is 3.44. The highest BCUT2D eigenvalue weighted by molar-refractivity contribution is 6.04. The van der Waals surface area contributed by atoms with E-state index in [1.165, 1.54) is 4.52 Å². The smallest absolute Gasteiger partial charge is 0.357 e. The molecular formula is C16H20N2O4. The van der Waals surface area contributed by atoms with Crippen LogP contribution >= 0.6 is 0 Å². The maximum atomic E-state index is 12.3. The Hall–Kier alpha value is -2.37. The quantitative estimate of drug-likeness (QED) is 0.794. The zero-order valence-corrected chi connectivity index (χ0v) is 13.3. The Kier molecular flexibility index (Phi) is 4.80. The van der Waals surface area contributed by atoms with Gasteiger partial charge in [-0.3, -0.25) is 0 Å². The Labute approximate surface area is 129 Å². The molecule has 0 radical (unpaired) electrons. The average Bonchev–Trinajstić information content (AvgIpc) is 2.77. The summed E-state index contributed by atoms with van der Waals surface area (Å²) in [6.45, 7) is 7.93. The second kappa shape index (κ2) is 6.60. The summed E-state index contributed by atoms with van der Waals surface area (Å²) < 4.78 is 11.8. The molecule has 6 nitrogen and oxygen atoms in total. The topological polar surface area (TPSA) is 69.9 Å². The van der Waals surface area contributed by atoms with Gasteiger partial charge < -0.3 is 9.47 Å². The fourth-order valence-corrected chi connectivity index (χ4v) is 2.22. The van der Waals surface area contributed by atoms with Gasteiger partial charge in [0.05, 0.1) is 24.3 Å². The van der Waals surface area contributed by atoms with Crippen molar-refractivity contribution in [2.75, 3.05) is 13.2 Å². The summed E-state index contributed by atoms with van der Waals surface area (Å²) in [4.78, 5) is 24.5. The first-order valence-corrected chi connectivity index (χ1v) is 7.27. The van der Waals surface area contributed by atoms with Crippen molar-refractivity contribution in [1.29, 1.82) is 0 Å². The van der Waals surface area contributed by atoms with E-state index in [-0.39, 0.29) is 18.2 Å². The molecule has 2 aromatic rings. The number of ether oxygens (including phenoxy) is 2. The first kappa shape index (κ1) is 16.0. The van der Waals surface area contributed by atoms with E-state index in [1.807, 2.05) is 13.8 Å². The SMILES string of the molecule is CCOC(=O)c1c(C)c(C(=O)OCC(C)C)n2ncccc12. The van der Waals surface area contributed by atoms with Crippen molar-refractivity contribution >= 4 is 17.5 Å². The normalized spacial score (nSPS) is 11.0. The van der Waals surface area contributed by atoms with Gasteiger partial charge >= 0.3 is 11.9 Å². The summed E-state index contributed by atoms with van der Waals surface area (Å²) >= 11 is 0. The van der Waals surface area contributed by atoms with Crippen LogP contribution in [0.25, 0.3) is 5.52 Å². The van der Waals surface area contributed by atoms with Crippen LogP contribution < -0.4 is 0 Å². The van der Waals surface area contributed by atoms with Crippen molar-refractivity contribution in [3.8, 4) is 0 Å². The van der Waals surface area contributed by atoms with Crippen LogP contribution in [0.1, 0.15) is 47.2 Å². The lowest BCUT2D eigenvalue weighted by atomic mass is 10.1. The molecule has 0 saturated heterocycles. The van der Waals surface area contributed by atoms with Gasteiger partial charge in [0.1, 0.15) is 0 Å². The Balaban J connectivity index is 2.53. The molecule has 2 rings (SSSR count). The van der Waals surface area contributed by atoms with E-state index in [2.05, 4.69) is 5.10 Å². The molecule has 0 bridgehead atoms. The molecule has 0 amide bonds. The molecule has 0 fully saturated rings. The maximum Gasteiger partial charge on any atom is 0.357 e.